The predicted octanol–water partition coefficient (Wildman–Crippen LogP) is 3.34. The third kappa shape index (κ3) is 5.87. The molecule has 1 N–H and O–H groups in total. The number of carbonyl (C=O) groups excluding carboxylic acids is 1. The van der Waals surface area contributed by atoms with Crippen molar-refractivity contribution in [1.29, 1.82) is 5.41 Å². The standard InChI is InChI=1S/C25H35N5O3/c1-7-20(8-2)33-22-10-11-23-29(28-24(26)30(23)27-22)15-21(31)18-12-17(16-32-9-3)13-19(14-18)25(4,5)6/h10-14,20,26H,7-9,15-16H2,1-6H3. The summed E-state index contributed by atoms with van der Waals surface area (Å²) in [5.41, 5.74) is 3.07. The Morgan fingerprint density at radius 3 is 2.55 bits per heavy atom. The Hall–Kier alpha value is -3.00. The van der Waals surface area contributed by atoms with Gasteiger partial charge in [-0.1, -0.05) is 40.7 Å². The molecular weight excluding hydrogens is 418 g/mol. The molecule has 0 saturated carbocycles. The van der Waals surface area contributed by atoms with E-state index in [-0.39, 0.29) is 29.5 Å². The first-order valence-electron chi connectivity index (χ1n) is 11.6. The molecule has 0 amide bonds. The summed E-state index contributed by atoms with van der Waals surface area (Å²) in [7, 11) is 0. The molecule has 0 radical (unpaired) electrons. The van der Waals surface area contributed by atoms with Gasteiger partial charge >= 0.3 is 0 Å². The minimum atomic E-state index is -0.102. The number of ketones is 1. The summed E-state index contributed by atoms with van der Waals surface area (Å²) in [5, 5.41) is 16.9. The van der Waals surface area contributed by atoms with Gasteiger partial charge in [-0.3, -0.25) is 9.31 Å². The van der Waals surface area contributed by atoms with E-state index in [1.165, 1.54) is 9.20 Å². The van der Waals surface area contributed by atoms with Crippen LogP contribution in [-0.4, -0.2) is 28.1 Å². The van der Waals surface area contributed by atoms with Crippen molar-refractivity contribution in [2.24, 2.45) is 0 Å². The van der Waals surface area contributed by atoms with Crippen LogP contribution in [0.5, 0.6) is 5.88 Å². The SMILES string of the molecule is CCOCc1cc(C(=O)C[n+]2[n-]c(=N)n3nc(OC(CC)CC)ccc32)cc(C(C)(C)C)c1. The molecule has 0 fully saturated rings. The van der Waals surface area contributed by atoms with Gasteiger partial charge in [-0.15, -0.1) is 0 Å². The molecule has 3 rings (SSSR count). The lowest BCUT2D eigenvalue weighted by molar-refractivity contribution is -0.721. The lowest BCUT2D eigenvalue weighted by Gasteiger charge is -2.21. The summed E-state index contributed by atoms with van der Waals surface area (Å²) in [6.07, 6.45) is 1.82. The lowest BCUT2D eigenvalue weighted by Crippen LogP contribution is -2.43. The van der Waals surface area contributed by atoms with E-state index in [0.29, 0.717) is 30.3 Å². The van der Waals surface area contributed by atoms with Crippen LogP contribution in [0.25, 0.3) is 5.65 Å². The van der Waals surface area contributed by atoms with Crippen molar-refractivity contribution in [3.8, 4) is 5.88 Å². The van der Waals surface area contributed by atoms with Gasteiger partial charge in [0.05, 0.1) is 18.3 Å². The fraction of sp³-hybridized carbons (Fsp3) is 0.520. The summed E-state index contributed by atoms with van der Waals surface area (Å²) >= 11 is 0. The van der Waals surface area contributed by atoms with Crippen LogP contribution in [0.2, 0.25) is 0 Å². The van der Waals surface area contributed by atoms with Crippen LogP contribution < -0.4 is 20.1 Å². The van der Waals surface area contributed by atoms with Crippen molar-refractivity contribution in [3.05, 3.63) is 52.6 Å². The smallest absolute Gasteiger partial charge is 0.219 e. The molecule has 0 aliphatic heterocycles. The van der Waals surface area contributed by atoms with E-state index in [0.717, 1.165) is 24.0 Å². The number of carbonyl (C=O) groups is 1. The molecule has 8 heteroatoms. The molecule has 0 aliphatic carbocycles. The van der Waals surface area contributed by atoms with Crippen molar-refractivity contribution in [2.75, 3.05) is 6.61 Å². The van der Waals surface area contributed by atoms with Gasteiger partial charge in [0.2, 0.25) is 11.7 Å². The second-order valence-electron chi connectivity index (χ2n) is 9.21. The molecule has 0 saturated heterocycles. The van der Waals surface area contributed by atoms with Crippen molar-refractivity contribution in [2.45, 2.75) is 79.1 Å². The highest BCUT2D eigenvalue weighted by Gasteiger charge is 2.19. The van der Waals surface area contributed by atoms with Crippen LogP contribution in [0, 0.1) is 5.41 Å². The van der Waals surface area contributed by atoms with Crippen molar-refractivity contribution in [1.82, 2.24) is 14.7 Å². The van der Waals surface area contributed by atoms with Crippen LogP contribution in [0.1, 0.15) is 75.9 Å². The molecular formula is C25H35N5O3. The van der Waals surface area contributed by atoms with E-state index < -0.39 is 0 Å². The van der Waals surface area contributed by atoms with E-state index >= 15 is 0 Å². The molecule has 0 atom stereocenters. The Morgan fingerprint density at radius 2 is 1.91 bits per heavy atom. The maximum atomic E-state index is 13.2. The van der Waals surface area contributed by atoms with Gasteiger partial charge in [-0.2, -0.15) is 5.10 Å². The quantitative estimate of drug-likeness (QED) is 0.375. The van der Waals surface area contributed by atoms with E-state index in [9.17, 15) is 4.79 Å². The summed E-state index contributed by atoms with van der Waals surface area (Å²) in [6, 6.07) is 9.47. The van der Waals surface area contributed by atoms with Gasteiger partial charge in [0, 0.05) is 18.2 Å². The first kappa shape index (κ1) is 24.6. The van der Waals surface area contributed by atoms with Crippen LogP contribution in [0.4, 0.5) is 0 Å². The number of nitrogens with zero attached hydrogens (tertiary/aromatic N) is 4. The van der Waals surface area contributed by atoms with Gasteiger partial charge in [0.1, 0.15) is 0 Å². The molecule has 178 valence electrons. The normalized spacial score (nSPS) is 12.0. The first-order chi connectivity index (χ1) is 15.7. The molecule has 3 aromatic rings. The fourth-order valence-corrected chi connectivity index (χ4v) is 3.58. The Bertz CT molecular complexity index is 1170. The highest BCUT2D eigenvalue weighted by atomic mass is 16.5. The van der Waals surface area contributed by atoms with E-state index in [1.807, 2.05) is 19.1 Å². The van der Waals surface area contributed by atoms with Gasteiger partial charge < -0.3 is 14.9 Å². The largest absolute Gasteiger partial charge is 0.474 e. The van der Waals surface area contributed by atoms with Gasteiger partial charge in [-0.25, -0.2) is 9.78 Å². The number of fused-ring (bicyclic) bond motifs is 1. The molecule has 0 spiro atoms. The predicted molar refractivity (Wildman–Crippen MR) is 124 cm³/mol. The zero-order valence-corrected chi connectivity index (χ0v) is 20.5. The highest BCUT2D eigenvalue weighted by molar-refractivity contribution is 5.95. The monoisotopic (exact) mass is 453 g/mol. The topological polar surface area (TPSA) is 94.7 Å². The van der Waals surface area contributed by atoms with Gasteiger partial charge in [0.25, 0.3) is 0 Å². The zero-order valence-electron chi connectivity index (χ0n) is 20.5. The summed E-state index contributed by atoms with van der Waals surface area (Å²) in [5.74, 6) is 0.361. The lowest BCUT2D eigenvalue weighted by atomic mass is 9.84. The van der Waals surface area contributed by atoms with E-state index in [1.54, 1.807) is 12.1 Å². The second-order valence-corrected chi connectivity index (χ2v) is 9.21. The number of ether oxygens (including phenoxy) is 2. The van der Waals surface area contributed by atoms with Crippen molar-refractivity contribution in [3.63, 3.8) is 0 Å². The Morgan fingerprint density at radius 1 is 1.18 bits per heavy atom. The van der Waals surface area contributed by atoms with Crippen LogP contribution >= 0.6 is 0 Å². The van der Waals surface area contributed by atoms with Crippen molar-refractivity contribution >= 4 is 11.4 Å². The maximum Gasteiger partial charge on any atom is 0.219 e. The number of hydrogen-bond donors (Lipinski definition) is 1. The number of benzene rings is 1. The molecule has 33 heavy (non-hydrogen) atoms. The third-order valence-electron chi connectivity index (χ3n) is 5.62. The number of nitrogens with one attached hydrogen (secondary N) is 1. The zero-order chi connectivity index (χ0) is 24.2. The summed E-state index contributed by atoms with van der Waals surface area (Å²) in [4.78, 5) is 13.2. The van der Waals surface area contributed by atoms with Gasteiger partial charge in [-0.05, 0) is 54.5 Å². The molecule has 0 aliphatic rings. The van der Waals surface area contributed by atoms with Crippen LogP contribution in [0.15, 0.2) is 30.3 Å². The summed E-state index contributed by atoms with van der Waals surface area (Å²) < 4.78 is 14.4. The minimum Gasteiger partial charge on any atom is -0.474 e. The second kappa shape index (κ2) is 10.3. The van der Waals surface area contributed by atoms with E-state index in [2.05, 4.69) is 50.9 Å². The molecule has 8 nitrogen and oxygen atoms in total. The number of rotatable bonds is 10. The van der Waals surface area contributed by atoms with Gasteiger partial charge in [0.15, 0.2) is 12.2 Å². The Labute approximate surface area is 195 Å². The van der Waals surface area contributed by atoms with Crippen LogP contribution in [0.3, 0.4) is 0 Å². The van der Waals surface area contributed by atoms with Crippen LogP contribution in [-0.2, 0) is 23.3 Å². The average Bonchev–Trinajstić information content (AvgIpc) is 3.09. The number of Topliss-reactive ketones (excluding diaryl/α,β-unsaturated/α-hetero) is 1. The van der Waals surface area contributed by atoms with Crippen molar-refractivity contribution < 1.29 is 19.0 Å². The average molecular weight is 454 g/mol. The van der Waals surface area contributed by atoms with E-state index in [4.69, 9.17) is 14.9 Å². The Kier molecular flexibility index (Phi) is 7.68. The minimum absolute atomic E-state index is 0.0124. The summed E-state index contributed by atoms with van der Waals surface area (Å²) in [6.45, 7) is 13.5. The molecule has 2 heterocycles. The highest BCUT2D eigenvalue weighted by Crippen LogP contribution is 2.25. The molecule has 0 unspecified atom stereocenters. The number of hydrogen-bond acceptors (Lipinski definition) is 5. The third-order valence-corrected chi connectivity index (χ3v) is 5.62. The number of aromatic nitrogens is 4. The molecule has 0 bridgehead atoms. The molecule has 2 aromatic heterocycles. The molecule has 1 aromatic carbocycles. The first-order valence-corrected chi connectivity index (χ1v) is 11.6. The maximum absolute atomic E-state index is 13.2. The Balaban J connectivity index is 1.91. The fourth-order valence-electron chi connectivity index (χ4n) is 3.58.